The summed E-state index contributed by atoms with van der Waals surface area (Å²) in [7, 11) is 0. The molecule has 3 N–H and O–H groups in total. The summed E-state index contributed by atoms with van der Waals surface area (Å²) in [5.41, 5.74) is -0.300. The largest absolute Gasteiger partial charge is 0.479 e. The van der Waals surface area contributed by atoms with Gasteiger partial charge in [-0.05, 0) is 25.1 Å². The SMILES string of the molecule is CC(=O)c1ccc(F)c(C(O)C(O)C(=O)O)c1. The molecule has 0 aliphatic heterocycles. The molecule has 1 rings (SSSR count). The van der Waals surface area contributed by atoms with Crippen molar-refractivity contribution in [2.75, 3.05) is 0 Å². The number of aliphatic carboxylic acids is 1. The number of carbonyl (C=O) groups excluding carboxylic acids is 1. The fourth-order valence-electron chi connectivity index (χ4n) is 1.29. The van der Waals surface area contributed by atoms with Gasteiger partial charge in [-0.3, -0.25) is 4.79 Å². The van der Waals surface area contributed by atoms with Crippen molar-refractivity contribution in [1.82, 2.24) is 0 Å². The Morgan fingerprint density at radius 2 is 1.88 bits per heavy atom. The maximum atomic E-state index is 13.3. The quantitative estimate of drug-likeness (QED) is 0.668. The molecule has 92 valence electrons. The molecule has 1 aromatic carbocycles. The van der Waals surface area contributed by atoms with E-state index in [1.54, 1.807) is 0 Å². The van der Waals surface area contributed by atoms with E-state index >= 15 is 0 Å². The lowest BCUT2D eigenvalue weighted by Crippen LogP contribution is -2.28. The summed E-state index contributed by atoms with van der Waals surface area (Å²) in [5.74, 6) is -2.92. The second-order valence-corrected chi connectivity index (χ2v) is 3.52. The summed E-state index contributed by atoms with van der Waals surface area (Å²) in [6.07, 6.45) is -4.07. The minimum Gasteiger partial charge on any atom is -0.479 e. The first-order chi connectivity index (χ1) is 7.84. The third kappa shape index (κ3) is 2.86. The summed E-state index contributed by atoms with van der Waals surface area (Å²) in [5, 5.41) is 27.0. The van der Waals surface area contributed by atoms with Gasteiger partial charge in [0.05, 0.1) is 0 Å². The van der Waals surface area contributed by atoms with Gasteiger partial charge in [0, 0.05) is 11.1 Å². The minimum absolute atomic E-state index is 0.123. The molecule has 6 heteroatoms. The number of ketones is 1. The molecular formula is C11H11FO5. The van der Waals surface area contributed by atoms with Crippen molar-refractivity contribution in [2.45, 2.75) is 19.1 Å². The van der Waals surface area contributed by atoms with Gasteiger partial charge in [0.25, 0.3) is 0 Å². The van der Waals surface area contributed by atoms with Crippen LogP contribution in [0.4, 0.5) is 4.39 Å². The maximum absolute atomic E-state index is 13.3. The predicted molar refractivity (Wildman–Crippen MR) is 55.0 cm³/mol. The van der Waals surface area contributed by atoms with E-state index in [0.717, 1.165) is 12.1 Å². The highest BCUT2D eigenvalue weighted by Crippen LogP contribution is 2.22. The van der Waals surface area contributed by atoms with E-state index in [-0.39, 0.29) is 11.3 Å². The molecule has 0 saturated heterocycles. The number of halogens is 1. The van der Waals surface area contributed by atoms with Gasteiger partial charge in [-0.25, -0.2) is 9.18 Å². The maximum Gasteiger partial charge on any atom is 0.335 e. The molecule has 17 heavy (non-hydrogen) atoms. The van der Waals surface area contributed by atoms with E-state index in [4.69, 9.17) is 10.2 Å². The standard InChI is InChI=1S/C11H11FO5/c1-5(13)6-2-3-8(12)7(4-6)9(14)10(15)11(16)17/h2-4,9-10,14-15H,1H3,(H,16,17). The van der Waals surface area contributed by atoms with Gasteiger partial charge in [-0.15, -0.1) is 0 Å². The summed E-state index contributed by atoms with van der Waals surface area (Å²) in [6, 6.07) is 3.17. The number of aliphatic hydroxyl groups is 2. The number of hydrogen-bond donors (Lipinski definition) is 3. The fourth-order valence-corrected chi connectivity index (χ4v) is 1.29. The van der Waals surface area contributed by atoms with Crippen molar-refractivity contribution in [3.05, 3.63) is 35.1 Å². The van der Waals surface area contributed by atoms with Crippen LogP contribution in [0.5, 0.6) is 0 Å². The normalized spacial score (nSPS) is 14.1. The summed E-state index contributed by atoms with van der Waals surface area (Å²) >= 11 is 0. The number of Topliss-reactive ketones (excluding diaryl/α,β-unsaturated/α-hetero) is 1. The highest BCUT2D eigenvalue weighted by Gasteiger charge is 2.27. The molecule has 0 spiro atoms. The highest BCUT2D eigenvalue weighted by molar-refractivity contribution is 5.94. The van der Waals surface area contributed by atoms with Crippen molar-refractivity contribution in [3.63, 3.8) is 0 Å². The second kappa shape index (κ2) is 5.03. The minimum atomic E-state index is -2.15. The van der Waals surface area contributed by atoms with Crippen LogP contribution in [0.15, 0.2) is 18.2 Å². The average molecular weight is 242 g/mol. The van der Waals surface area contributed by atoms with E-state index in [1.165, 1.54) is 13.0 Å². The van der Waals surface area contributed by atoms with Crippen LogP contribution < -0.4 is 0 Å². The van der Waals surface area contributed by atoms with Gasteiger partial charge >= 0.3 is 5.97 Å². The molecular weight excluding hydrogens is 231 g/mol. The first-order valence-corrected chi connectivity index (χ1v) is 4.74. The van der Waals surface area contributed by atoms with Crippen LogP contribution in [0.1, 0.15) is 28.9 Å². The Bertz CT molecular complexity index is 457. The summed E-state index contributed by atoms with van der Waals surface area (Å²) in [6.45, 7) is 1.25. The van der Waals surface area contributed by atoms with Crippen LogP contribution in [-0.2, 0) is 4.79 Å². The zero-order valence-electron chi connectivity index (χ0n) is 8.92. The van der Waals surface area contributed by atoms with Gasteiger partial charge in [0.1, 0.15) is 11.9 Å². The molecule has 0 heterocycles. The third-order valence-corrected chi connectivity index (χ3v) is 2.27. The molecule has 0 radical (unpaired) electrons. The Hall–Kier alpha value is -1.79. The molecule has 0 aromatic heterocycles. The Labute approximate surface area is 96.1 Å². The Morgan fingerprint density at radius 1 is 1.29 bits per heavy atom. The lowest BCUT2D eigenvalue weighted by atomic mass is 10.00. The zero-order valence-corrected chi connectivity index (χ0v) is 8.92. The Morgan fingerprint density at radius 3 is 2.35 bits per heavy atom. The monoisotopic (exact) mass is 242 g/mol. The Kier molecular flexibility index (Phi) is 3.93. The van der Waals surface area contributed by atoms with E-state index in [9.17, 15) is 19.1 Å². The molecule has 0 saturated carbocycles. The summed E-state index contributed by atoms with van der Waals surface area (Å²) < 4.78 is 13.3. The van der Waals surface area contributed by atoms with Crippen molar-refractivity contribution in [1.29, 1.82) is 0 Å². The molecule has 0 aliphatic carbocycles. The van der Waals surface area contributed by atoms with E-state index in [0.29, 0.717) is 0 Å². The van der Waals surface area contributed by atoms with Crippen LogP contribution in [0.2, 0.25) is 0 Å². The number of carboxylic acid groups (broad SMARTS) is 1. The molecule has 5 nitrogen and oxygen atoms in total. The number of carbonyl (C=O) groups is 2. The molecule has 1 aromatic rings. The predicted octanol–water partition coefficient (Wildman–Crippen LogP) is 0.507. The van der Waals surface area contributed by atoms with Crippen LogP contribution in [0, 0.1) is 5.82 Å². The number of aliphatic hydroxyl groups excluding tert-OH is 2. The third-order valence-electron chi connectivity index (χ3n) is 2.27. The second-order valence-electron chi connectivity index (χ2n) is 3.52. The number of carboxylic acids is 1. The lowest BCUT2D eigenvalue weighted by Gasteiger charge is -2.15. The molecule has 0 aliphatic rings. The van der Waals surface area contributed by atoms with Crippen LogP contribution in [0.25, 0.3) is 0 Å². The number of benzene rings is 1. The number of rotatable bonds is 4. The van der Waals surface area contributed by atoms with Gasteiger partial charge in [-0.1, -0.05) is 0 Å². The first kappa shape index (κ1) is 13.3. The Balaban J connectivity index is 3.16. The lowest BCUT2D eigenvalue weighted by molar-refractivity contribution is -0.153. The molecule has 0 amide bonds. The summed E-state index contributed by atoms with van der Waals surface area (Å²) in [4.78, 5) is 21.5. The van der Waals surface area contributed by atoms with Crippen molar-refractivity contribution in [3.8, 4) is 0 Å². The smallest absolute Gasteiger partial charge is 0.335 e. The van der Waals surface area contributed by atoms with Crippen LogP contribution in [-0.4, -0.2) is 33.2 Å². The molecule has 0 fully saturated rings. The van der Waals surface area contributed by atoms with Gasteiger partial charge in [-0.2, -0.15) is 0 Å². The van der Waals surface area contributed by atoms with E-state index in [2.05, 4.69) is 0 Å². The van der Waals surface area contributed by atoms with E-state index < -0.39 is 29.6 Å². The zero-order chi connectivity index (χ0) is 13.2. The van der Waals surface area contributed by atoms with Crippen LogP contribution in [0.3, 0.4) is 0 Å². The average Bonchev–Trinajstić information content (AvgIpc) is 2.27. The number of hydrogen-bond acceptors (Lipinski definition) is 4. The first-order valence-electron chi connectivity index (χ1n) is 4.74. The molecule has 2 atom stereocenters. The molecule has 2 unspecified atom stereocenters. The van der Waals surface area contributed by atoms with Gasteiger partial charge < -0.3 is 15.3 Å². The van der Waals surface area contributed by atoms with Gasteiger partial charge in [0.15, 0.2) is 11.9 Å². The van der Waals surface area contributed by atoms with Crippen molar-refractivity contribution in [2.24, 2.45) is 0 Å². The van der Waals surface area contributed by atoms with Crippen molar-refractivity contribution < 1.29 is 29.3 Å². The van der Waals surface area contributed by atoms with Gasteiger partial charge in [0.2, 0.25) is 0 Å². The fraction of sp³-hybridized carbons (Fsp3) is 0.273. The highest BCUT2D eigenvalue weighted by atomic mass is 19.1. The van der Waals surface area contributed by atoms with Crippen LogP contribution >= 0.6 is 0 Å². The van der Waals surface area contributed by atoms with Crippen molar-refractivity contribution >= 4 is 11.8 Å². The topological polar surface area (TPSA) is 94.8 Å². The van der Waals surface area contributed by atoms with E-state index in [1.807, 2.05) is 0 Å². The molecule has 0 bridgehead atoms.